The Hall–Kier alpha value is -1.93. The maximum Gasteiger partial charge on any atom is 0.306 e. The Balaban J connectivity index is 4.25. The first-order chi connectivity index (χ1) is 24.6. The number of hydrogen-bond donors (Lipinski definition) is 0. The summed E-state index contributed by atoms with van der Waals surface area (Å²) in [5.74, 6) is -1.77. The number of carbonyl (C=O) groups is 3. The first-order valence-electron chi connectivity index (χ1n) is 21.2. The van der Waals surface area contributed by atoms with Gasteiger partial charge in [-0.25, -0.2) is 0 Å². The van der Waals surface area contributed by atoms with Gasteiger partial charge in [-0.05, 0) is 32.1 Å². The van der Waals surface area contributed by atoms with E-state index in [-0.39, 0.29) is 49.1 Å². The van der Waals surface area contributed by atoms with Crippen molar-refractivity contribution in [3.63, 3.8) is 0 Å². The van der Waals surface area contributed by atoms with Crippen LogP contribution in [0.5, 0.6) is 0 Å². The normalized spacial score (nSPS) is 13.0. The van der Waals surface area contributed by atoms with Crippen LogP contribution in [-0.2, 0) is 28.6 Å². The first-order valence-corrected chi connectivity index (χ1v) is 21.2. The summed E-state index contributed by atoms with van der Waals surface area (Å²) in [6, 6.07) is -0.724. The number of carbonyl (C=O) groups excluding carboxylic acids is 3. The van der Waals surface area contributed by atoms with Gasteiger partial charge < -0.3 is 28.6 Å². The molecular formula is C43H81NO7. The van der Waals surface area contributed by atoms with E-state index in [9.17, 15) is 19.5 Å². The molecule has 2 atom stereocenters. The van der Waals surface area contributed by atoms with Crippen LogP contribution in [-0.4, -0.2) is 75.5 Å². The molecule has 0 saturated carbocycles. The molecule has 0 amide bonds. The minimum absolute atomic E-state index is 0.0345. The minimum Gasteiger partial charge on any atom is -0.544 e. The minimum atomic E-state index is -1.13. The Morgan fingerprint density at radius 1 is 0.569 bits per heavy atom. The highest BCUT2D eigenvalue weighted by atomic mass is 16.6. The third-order valence-electron chi connectivity index (χ3n) is 9.65. The van der Waals surface area contributed by atoms with Crippen LogP contribution in [0.4, 0.5) is 0 Å². The van der Waals surface area contributed by atoms with Crippen LogP contribution in [0.1, 0.15) is 194 Å². The topological polar surface area (TPSA) is 102 Å². The fourth-order valence-electron chi connectivity index (χ4n) is 6.31. The predicted octanol–water partition coefficient (Wildman–Crippen LogP) is 9.80. The second kappa shape index (κ2) is 35.1. The van der Waals surface area contributed by atoms with E-state index < -0.39 is 18.1 Å². The molecule has 8 heteroatoms. The zero-order valence-corrected chi connectivity index (χ0v) is 34.0. The maximum atomic E-state index is 12.6. The van der Waals surface area contributed by atoms with Crippen LogP contribution in [0.2, 0.25) is 0 Å². The van der Waals surface area contributed by atoms with Gasteiger partial charge in [-0.15, -0.1) is 0 Å². The molecule has 2 unspecified atom stereocenters. The summed E-state index contributed by atoms with van der Waals surface area (Å²) in [7, 11) is 5.39. The number of quaternary nitrogens is 1. The number of rotatable bonds is 38. The summed E-state index contributed by atoms with van der Waals surface area (Å²) in [6.45, 7) is 4.61. The number of unbranched alkanes of at least 4 members (excludes halogenated alkanes) is 22. The third-order valence-corrected chi connectivity index (χ3v) is 9.65. The van der Waals surface area contributed by atoms with Gasteiger partial charge >= 0.3 is 11.9 Å². The molecule has 0 aromatic rings. The largest absolute Gasteiger partial charge is 0.544 e. The van der Waals surface area contributed by atoms with Crippen molar-refractivity contribution in [3.8, 4) is 0 Å². The lowest BCUT2D eigenvalue weighted by Crippen LogP contribution is -2.55. The fraction of sp³-hybridized carbons (Fsp3) is 0.884. The van der Waals surface area contributed by atoms with Crippen molar-refractivity contribution in [1.29, 1.82) is 0 Å². The Morgan fingerprint density at radius 3 is 1.47 bits per heavy atom. The standard InChI is InChI=1S/C43H81NO7/c1-6-8-10-12-14-16-17-18-19-20-21-22-23-24-26-27-29-31-33-41(45)50-38-39(37-49-36-35-40(43(47)48)44(3,4)5)51-42(46)34-32-30-28-25-15-13-11-9-7-2/h25,28,39-40H,6-24,26-27,29-38H2,1-5H3/b28-25+. The molecule has 51 heavy (non-hydrogen) atoms. The fourth-order valence-corrected chi connectivity index (χ4v) is 6.31. The Bertz CT molecular complexity index is 854. The molecular weight excluding hydrogens is 642 g/mol. The van der Waals surface area contributed by atoms with Crippen molar-refractivity contribution in [1.82, 2.24) is 0 Å². The van der Waals surface area contributed by atoms with Gasteiger partial charge in [0.15, 0.2) is 6.10 Å². The SMILES string of the molecule is CCCCCC/C=C/CCCC(=O)OC(COCCC(C(=O)[O-])[N+](C)(C)C)COC(=O)CCCCCCCCCCCCCCCCCCCC. The summed E-state index contributed by atoms with van der Waals surface area (Å²) in [5.41, 5.74) is 0. The van der Waals surface area contributed by atoms with Gasteiger partial charge in [0.05, 0.1) is 40.3 Å². The lowest BCUT2D eigenvalue weighted by atomic mass is 10.0. The Labute approximate surface area is 314 Å². The van der Waals surface area contributed by atoms with E-state index in [1.807, 2.05) is 0 Å². The van der Waals surface area contributed by atoms with E-state index >= 15 is 0 Å². The third kappa shape index (κ3) is 33.6. The van der Waals surface area contributed by atoms with E-state index in [1.165, 1.54) is 122 Å². The van der Waals surface area contributed by atoms with Crippen LogP contribution < -0.4 is 5.11 Å². The summed E-state index contributed by atoms with van der Waals surface area (Å²) in [5, 5.41) is 11.6. The highest BCUT2D eigenvalue weighted by molar-refractivity contribution is 5.70. The van der Waals surface area contributed by atoms with Crippen LogP contribution >= 0.6 is 0 Å². The molecule has 0 saturated heterocycles. The molecule has 300 valence electrons. The molecule has 0 aliphatic heterocycles. The van der Waals surface area contributed by atoms with Gasteiger partial charge in [-0.1, -0.05) is 154 Å². The van der Waals surface area contributed by atoms with E-state index in [4.69, 9.17) is 14.2 Å². The van der Waals surface area contributed by atoms with Gasteiger partial charge in [0.2, 0.25) is 0 Å². The molecule has 8 nitrogen and oxygen atoms in total. The summed E-state index contributed by atoms with van der Waals surface area (Å²) < 4.78 is 17.1. The average molecular weight is 724 g/mol. The van der Waals surface area contributed by atoms with Crippen molar-refractivity contribution in [2.45, 2.75) is 206 Å². The zero-order valence-electron chi connectivity index (χ0n) is 34.0. The molecule has 0 N–H and O–H groups in total. The van der Waals surface area contributed by atoms with Crippen LogP contribution in [0.3, 0.4) is 0 Å². The quantitative estimate of drug-likeness (QED) is 0.0271. The molecule has 0 fully saturated rings. The number of allylic oxidation sites excluding steroid dienone is 2. The number of aliphatic carboxylic acids is 1. The van der Waals surface area contributed by atoms with Crippen molar-refractivity contribution < 1.29 is 38.2 Å². The number of ether oxygens (including phenoxy) is 3. The molecule has 0 spiro atoms. The molecule has 0 aliphatic rings. The van der Waals surface area contributed by atoms with E-state index in [1.54, 1.807) is 21.1 Å². The van der Waals surface area contributed by atoms with Gasteiger partial charge in [-0.3, -0.25) is 9.59 Å². The van der Waals surface area contributed by atoms with Gasteiger partial charge in [-0.2, -0.15) is 0 Å². The Morgan fingerprint density at radius 2 is 1.00 bits per heavy atom. The van der Waals surface area contributed by atoms with Crippen LogP contribution in [0.25, 0.3) is 0 Å². The lowest BCUT2D eigenvalue weighted by Gasteiger charge is -2.34. The van der Waals surface area contributed by atoms with Gasteiger partial charge in [0.25, 0.3) is 0 Å². The van der Waals surface area contributed by atoms with Crippen molar-refractivity contribution in [2.75, 3.05) is 41.0 Å². The molecule has 0 aromatic heterocycles. The number of carboxylic acids is 1. The maximum absolute atomic E-state index is 12.6. The van der Waals surface area contributed by atoms with Crippen molar-refractivity contribution in [2.24, 2.45) is 0 Å². The molecule has 0 heterocycles. The van der Waals surface area contributed by atoms with Crippen molar-refractivity contribution in [3.05, 3.63) is 12.2 Å². The smallest absolute Gasteiger partial charge is 0.306 e. The number of likely N-dealkylation sites (N-methyl/N-ethyl adjacent to an activating group) is 1. The predicted molar refractivity (Wildman–Crippen MR) is 208 cm³/mol. The number of carboxylic acid groups (broad SMARTS) is 1. The number of nitrogens with zero attached hydrogens (tertiary/aromatic N) is 1. The summed E-state index contributed by atoms with van der Waals surface area (Å²) in [4.78, 5) is 36.6. The molecule has 0 aromatic carbocycles. The number of hydrogen-bond acceptors (Lipinski definition) is 7. The van der Waals surface area contributed by atoms with E-state index in [0.29, 0.717) is 12.8 Å². The second-order valence-corrected chi connectivity index (χ2v) is 15.6. The summed E-state index contributed by atoms with van der Waals surface area (Å²) in [6.07, 6.45) is 35.4. The van der Waals surface area contributed by atoms with Gasteiger partial charge in [0.1, 0.15) is 12.6 Å². The first kappa shape index (κ1) is 49.1. The zero-order chi connectivity index (χ0) is 37.8. The second-order valence-electron chi connectivity index (χ2n) is 15.6. The number of esters is 2. The van der Waals surface area contributed by atoms with Crippen LogP contribution in [0, 0.1) is 0 Å². The lowest BCUT2D eigenvalue weighted by molar-refractivity contribution is -0.889. The van der Waals surface area contributed by atoms with Crippen molar-refractivity contribution >= 4 is 17.9 Å². The monoisotopic (exact) mass is 724 g/mol. The molecule has 0 aliphatic carbocycles. The van der Waals surface area contributed by atoms with E-state index in [2.05, 4.69) is 26.0 Å². The van der Waals surface area contributed by atoms with Gasteiger partial charge in [0, 0.05) is 19.3 Å². The molecule has 0 radical (unpaired) electrons. The average Bonchev–Trinajstić information content (AvgIpc) is 3.08. The molecule has 0 bridgehead atoms. The van der Waals surface area contributed by atoms with Crippen LogP contribution in [0.15, 0.2) is 12.2 Å². The Kier molecular flexibility index (Phi) is 33.8. The summed E-state index contributed by atoms with van der Waals surface area (Å²) >= 11 is 0. The highest BCUT2D eigenvalue weighted by Crippen LogP contribution is 2.15. The molecule has 0 rings (SSSR count). The van der Waals surface area contributed by atoms with E-state index in [0.717, 1.165) is 32.1 Å². The highest BCUT2D eigenvalue weighted by Gasteiger charge is 2.25.